The normalized spacial score (nSPS) is 22.1. The number of carboxylic acids is 4. The molecule has 13 atom stereocenters. The number of aliphatic hydroxyl groups is 1. The number of anilines is 2. The van der Waals surface area contributed by atoms with Crippen LogP contribution in [0.5, 0.6) is 0 Å². The van der Waals surface area contributed by atoms with Crippen LogP contribution in [0.15, 0.2) is 48.5 Å². The SMILES string of the molecule is CC1NC(=O)C(CC(=O)O)NC(=O)C(CCCN)NC(=O)CNC(=O)C(NC(=O)[C@H](CC(=O)O)NC(=O)[C@H](CC(N)=O)NC(=O)[C@H](N)CC(=O)c2ccccc2N)C(C)OC(=O)C(CC(=O)c2ccccc2N)NC(=O)C(C(C)CC(=O)O)NC(=O)C(CO)NC(=O)CNC(=O)C(CC(=O)O)NC1=O. The Morgan fingerprint density at radius 2 is 1.01 bits per heavy atom. The molecule has 43 nitrogen and oxygen atoms in total. The number of aliphatic carboxylic acids is 4. The van der Waals surface area contributed by atoms with E-state index in [4.69, 9.17) is 33.4 Å². The zero-order valence-electron chi connectivity index (χ0n) is 56.0. The van der Waals surface area contributed by atoms with E-state index in [-0.39, 0.29) is 35.5 Å². The molecule has 3 rings (SSSR count). The van der Waals surface area contributed by atoms with E-state index < -0.39 is 268 Å². The van der Waals surface area contributed by atoms with Crippen LogP contribution in [0.1, 0.15) is 99.3 Å². The number of ketones is 2. The van der Waals surface area contributed by atoms with Crippen molar-refractivity contribution < 1.29 is 126 Å². The van der Waals surface area contributed by atoms with Crippen molar-refractivity contribution >= 4 is 130 Å². The Bertz CT molecular complexity index is 3610. The predicted molar refractivity (Wildman–Crippen MR) is 351 cm³/mol. The second-order valence-corrected chi connectivity index (χ2v) is 23.5. The number of nitrogen functional groups attached to an aromatic ring is 2. The van der Waals surface area contributed by atoms with Crippen LogP contribution in [0.2, 0.25) is 0 Å². The molecule has 0 bridgehead atoms. The summed E-state index contributed by atoms with van der Waals surface area (Å²) in [5.74, 6) is -30.4. The lowest BCUT2D eigenvalue weighted by Gasteiger charge is -2.30. The number of nitrogens with one attached hydrogen (secondary N) is 12. The van der Waals surface area contributed by atoms with Crippen molar-refractivity contribution in [2.24, 2.45) is 23.1 Å². The summed E-state index contributed by atoms with van der Waals surface area (Å²) in [6, 6.07) is -12.2. The van der Waals surface area contributed by atoms with Crippen LogP contribution < -0.4 is 92.5 Å². The highest BCUT2D eigenvalue weighted by molar-refractivity contribution is 6.06. The Balaban J connectivity index is 2.28. The number of hydrogen-bond acceptors (Lipinski definition) is 26. The molecule has 104 heavy (non-hydrogen) atoms. The molecule has 2 aromatic rings. The Hall–Kier alpha value is -12.3. The number of benzene rings is 2. The second kappa shape index (κ2) is 41.5. The van der Waals surface area contributed by atoms with Gasteiger partial charge in [-0.3, -0.25) is 91.1 Å². The Morgan fingerprint density at radius 1 is 0.529 bits per heavy atom. The minimum Gasteiger partial charge on any atom is -0.481 e. The summed E-state index contributed by atoms with van der Waals surface area (Å²) in [6.07, 6.45) is -10.5. The van der Waals surface area contributed by atoms with Crippen LogP contribution in [0, 0.1) is 5.92 Å². The van der Waals surface area contributed by atoms with E-state index in [0.29, 0.717) is 0 Å². The molecule has 13 amide bonds. The third kappa shape index (κ3) is 28.4. The number of Topliss-reactive ketones (excluding diaryl/α,β-unsaturated/α-hetero) is 2. The lowest BCUT2D eigenvalue weighted by molar-refractivity contribution is -0.156. The molecule has 1 saturated heterocycles. The van der Waals surface area contributed by atoms with Gasteiger partial charge in [0.1, 0.15) is 66.5 Å². The number of para-hydroxylation sites is 2. The van der Waals surface area contributed by atoms with Crippen LogP contribution in [0.3, 0.4) is 0 Å². The number of carbonyl (C=O) groups excluding carboxylic acids is 16. The Labute approximate surface area is 589 Å². The monoisotopic (exact) mass is 1470 g/mol. The van der Waals surface area contributed by atoms with Crippen LogP contribution >= 0.6 is 0 Å². The van der Waals surface area contributed by atoms with Crippen molar-refractivity contribution in [3.05, 3.63) is 59.7 Å². The molecule has 10 unspecified atom stereocenters. The van der Waals surface area contributed by atoms with Gasteiger partial charge in [-0.15, -0.1) is 0 Å². The molecule has 2 aromatic carbocycles. The highest BCUT2D eigenvalue weighted by atomic mass is 16.5. The standard InChI is InChI=1S/C61H83N17O26/c1-25(15-45(85)86)49-60(102)76-38(17-41(81)29-10-5-7-12-31(29)64)61(103)104-27(3)50(78-57(99)37(21-48(91)92)75-56(98)34(18-42(66)82)73-52(94)32(65)16-40(80)28-9-4-6-11-30(28)63)59(101)68-23-43(83)70-33(13-8-14-62)54(96)74-36(20-47(89)90)55(97)69-26(2)51(93)72-35(19-46(87)88)53(95)67-22-44(84)71-39(24-79)58(100)77-49/h4-7,9-12,25-27,32-39,49-50,79H,8,13-24,62-65H2,1-3H3,(H2,66,82)(H,67,95)(H,68,101)(H,69,97)(H,70,83)(H,71,84)(H,72,93)(H,73,94)(H,74,96)(H,75,98)(H,76,102)(H,77,100)(H,78,99)(H,85,86)(H,87,88)(H,89,90)(H,91,92)/t25?,26?,27?,32-,33?,34+,35?,36?,37+,38?,39?,49?,50?/m1/s1. The fraction of sp³-hybridized carbons (Fsp3) is 0.475. The highest BCUT2D eigenvalue weighted by Gasteiger charge is 2.41. The fourth-order valence-electron chi connectivity index (χ4n) is 9.66. The van der Waals surface area contributed by atoms with Crippen molar-refractivity contribution in [3.63, 3.8) is 0 Å². The summed E-state index contributed by atoms with van der Waals surface area (Å²) in [7, 11) is 0. The zero-order chi connectivity index (χ0) is 78.4. The van der Waals surface area contributed by atoms with Gasteiger partial charge in [-0.1, -0.05) is 31.2 Å². The van der Waals surface area contributed by atoms with E-state index in [1.54, 1.807) is 0 Å². The maximum absolute atomic E-state index is 14.7. The lowest BCUT2D eigenvalue weighted by Crippen LogP contribution is -2.61. The molecule has 568 valence electrons. The van der Waals surface area contributed by atoms with Crippen molar-refractivity contribution in [1.29, 1.82) is 0 Å². The second-order valence-electron chi connectivity index (χ2n) is 23.5. The molecular formula is C61H83N17O26. The van der Waals surface area contributed by atoms with Crippen LogP contribution in [-0.2, 0) is 91.0 Å². The molecule has 0 aromatic heterocycles. The zero-order valence-corrected chi connectivity index (χ0v) is 56.0. The van der Waals surface area contributed by atoms with E-state index in [1.807, 2.05) is 26.6 Å². The number of primary amides is 1. The number of amides is 13. The predicted octanol–water partition coefficient (Wildman–Crippen LogP) is -9.79. The van der Waals surface area contributed by atoms with Crippen molar-refractivity contribution in [2.45, 2.75) is 151 Å². The van der Waals surface area contributed by atoms with Crippen molar-refractivity contribution in [1.82, 2.24) is 63.8 Å². The van der Waals surface area contributed by atoms with E-state index in [1.165, 1.54) is 48.5 Å². The average Bonchev–Trinajstić information content (AvgIpc) is 0.841. The number of ether oxygens (including phenoxy) is 1. The highest BCUT2D eigenvalue weighted by Crippen LogP contribution is 2.19. The first kappa shape index (κ1) is 85.9. The first-order valence-corrected chi connectivity index (χ1v) is 31.5. The molecule has 0 saturated carbocycles. The van der Waals surface area contributed by atoms with Gasteiger partial charge in [0.15, 0.2) is 11.6 Å². The molecule has 0 aliphatic carbocycles. The van der Waals surface area contributed by atoms with E-state index in [2.05, 4.69) is 37.2 Å². The minimum absolute atomic E-state index is 0.00976. The van der Waals surface area contributed by atoms with Gasteiger partial charge in [-0.05, 0) is 63.4 Å². The van der Waals surface area contributed by atoms with Crippen LogP contribution in [0.25, 0.3) is 0 Å². The first-order valence-electron chi connectivity index (χ1n) is 31.5. The maximum Gasteiger partial charge on any atom is 0.329 e. The summed E-state index contributed by atoms with van der Waals surface area (Å²) in [6.45, 7) is -1.02. The summed E-state index contributed by atoms with van der Waals surface area (Å²) in [5, 5.41) is 74.2. The number of cyclic esters (lactones) is 1. The lowest BCUT2D eigenvalue weighted by atomic mass is 9.96. The van der Waals surface area contributed by atoms with Gasteiger partial charge in [0, 0.05) is 35.3 Å². The third-order valence-electron chi connectivity index (χ3n) is 15.1. The van der Waals surface area contributed by atoms with Gasteiger partial charge >= 0.3 is 29.8 Å². The number of hydrogen-bond donors (Lipinski definition) is 22. The summed E-state index contributed by atoms with van der Waals surface area (Å²) in [4.78, 5) is 268. The fourth-order valence-corrected chi connectivity index (χ4v) is 9.66. The van der Waals surface area contributed by atoms with E-state index in [9.17, 15) is 121 Å². The van der Waals surface area contributed by atoms with Crippen LogP contribution in [-0.4, -0.2) is 243 Å². The minimum atomic E-state index is -2.45. The van der Waals surface area contributed by atoms with Gasteiger partial charge in [0.2, 0.25) is 76.8 Å². The van der Waals surface area contributed by atoms with Gasteiger partial charge in [-0.25, -0.2) is 4.79 Å². The quantitative estimate of drug-likeness (QED) is 0.0224. The van der Waals surface area contributed by atoms with Crippen molar-refractivity contribution in [3.8, 4) is 0 Å². The summed E-state index contributed by atoms with van der Waals surface area (Å²) >= 11 is 0. The largest absolute Gasteiger partial charge is 0.481 e. The van der Waals surface area contributed by atoms with Gasteiger partial charge in [0.05, 0.1) is 57.8 Å². The number of carbonyl (C=O) groups is 20. The molecule has 1 heterocycles. The van der Waals surface area contributed by atoms with Gasteiger partial charge in [0.25, 0.3) is 0 Å². The average molecular weight is 1470 g/mol. The number of rotatable bonds is 27. The number of esters is 1. The summed E-state index contributed by atoms with van der Waals surface area (Å²) < 4.78 is 5.60. The maximum atomic E-state index is 14.7. The van der Waals surface area contributed by atoms with E-state index in [0.717, 1.165) is 20.8 Å². The number of nitrogens with two attached hydrogens (primary N) is 5. The van der Waals surface area contributed by atoms with E-state index >= 15 is 0 Å². The molecule has 1 aliphatic heterocycles. The molecule has 1 fully saturated rings. The third-order valence-corrected chi connectivity index (χ3v) is 15.1. The molecule has 0 radical (unpaired) electrons. The van der Waals surface area contributed by atoms with Crippen molar-refractivity contribution in [2.75, 3.05) is 37.7 Å². The molecular weight excluding hydrogens is 1390 g/mol. The van der Waals surface area contributed by atoms with Gasteiger partial charge in [-0.2, -0.15) is 0 Å². The molecule has 43 heteroatoms. The molecule has 1 aliphatic rings. The number of aliphatic hydroxyl groups excluding tert-OH is 1. The Morgan fingerprint density at radius 3 is 1.54 bits per heavy atom. The van der Waals surface area contributed by atoms with Crippen LogP contribution in [0.4, 0.5) is 11.4 Å². The molecule has 0 spiro atoms. The van der Waals surface area contributed by atoms with Gasteiger partial charge < -0.3 is 123 Å². The molecule has 27 N–H and O–H groups in total. The Kier molecular flexibility index (Phi) is 34.3. The smallest absolute Gasteiger partial charge is 0.329 e. The number of carboxylic acid groups (broad SMARTS) is 4. The summed E-state index contributed by atoms with van der Waals surface area (Å²) in [5.41, 5.74) is 28.4. The topological polar surface area (TPSA) is 726 Å². The first-order chi connectivity index (χ1) is 48.8.